The van der Waals surface area contributed by atoms with Crippen LogP contribution in [0.3, 0.4) is 0 Å². The molecular formula is C17H28N2O2S. The summed E-state index contributed by atoms with van der Waals surface area (Å²) in [6.45, 7) is 7.29. The number of piperidine rings is 1. The molecule has 0 saturated carbocycles. The number of sulfonamides is 1. The van der Waals surface area contributed by atoms with Gasteiger partial charge in [-0.3, -0.25) is 0 Å². The molecule has 0 aromatic heterocycles. The molecule has 1 fully saturated rings. The van der Waals surface area contributed by atoms with E-state index in [1.165, 1.54) is 12.8 Å². The van der Waals surface area contributed by atoms with Crippen molar-refractivity contribution in [1.29, 1.82) is 0 Å². The van der Waals surface area contributed by atoms with Crippen molar-refractivity contribution in [3.8, 4) is 0 Å². The van der Waals surface area contributed by atoms with Gasteiger partial charge in [-0.05, 0) is 56.9 Å². The van der Waals surface area contributed by atoms with E-state index < -0.39 is 10.0 Å². The van der Waals surface area contributed by atoms with Gasteiger partial charge in [0.2, 0.25) is 10.0 Å². The van der Waals surface area contributed by atoms with Crippen LogP contribution in [0.2, 0.25) is 0 Å². The fourth-order valence-corrected chi connectivity index (χ4v) is 4.49. The molecule has 0 amide bonds. The quantitative estimate of drug-likeness (QED) is 0.839. The molecule has 1 N–H and O–H groups in total. The van der Waals surface area contributed by atoms with Crippen LogP contribution in [0.25, 0.3) is 0 Å². The Hall–Kier alpha value is -0.910. The lowest BCUT2D eigenvalue weighted by molar-refractivity contribution is 0.205. The summed E-state index contributed by atoms with van der Waals surface area (Å²) in [6, 6.07) is 7.76. The van der Waals surface area contributed by atoms with Crippen molar-refractivity contribution < 1.29 is 8.42 Å². The Balaban J connectivity index is 1.84. The van der Waals surface area contributed by atoms with Gasteiger partial charge in [0.1, 0.15) is 0 Å². The van der Waals surface area contributed by atoms with E-state index in [9.17, 15) is 8.42 Å². The molecule has 22 heavy (non-hydrogen) atoms. The van der Waals surface area contributed by atoms with Gasteiger partial charge in [0, 0.05) is 6.04 Å². The van der Waals surface area contributed by atoms with Gasteiger partial charge in [-0.2, -0.15) is 0 Å². The van der Waals surface area contributed by atoms with Crippen molar-refractivity contribution >= 4 is 10.0 Å². The van der Waals surface area contributed by atoms with Crippen LogP contribution in [0.15, 0.2) is 24.3 Å². The second kappa shape index (κ2) is 8.09. The minimum absolute atomic E-state index is 0.0791. The molecule has 4 nitrogen and oxygen atoms in total. The number of hydrogen-bond acceptors (Lipinski definition) is 3. The molecule has 1 aromatic rings. The van der Waals surface area contributed by atoms with E-state index in [-0.39, 0.29) is 11.8 Å². The summed E-state index contributed by atoms with van der Waals surface area (Å²) >= 11 is 0. The maximum Gasteiger partial charge on any atom is 0.216 e. The zero-order valence-electron chi connectivity index (χ0n) is 13.7. The van der Waals surface area contributed by atoms with E-state index >= 15 is 0 Å². The molecule has 0 radical (unpaired) electrons. The summed E-state index contributed by atoms with van der Waals surface area (Å²) < 4.78 is 27.6. The second-order valence-electron chi connectivity index (χ2n) is 6.27. The van der Waals surface area contributed by atoms with Gasteiger partial charge in [-0.15, -0.1) is 0 Å². The topological polar surface area (TPSA) is 49.4 Å². The average molecular weight is 324 g/mol. The van der Waals surface area contributed by atoms with Crippen molar-refractivity contribution in [2.24, 2.45) is 0 Å². The highest BCUT2D eigenvalue weighted by Gasteiger charge is 2.23. The number of unbranched alkanes of at least 4 members (excludes halogenated alkanes) is 1. The Labute approximate surface area is 135 Å². The highest BCUT2D eigenvalue weighted by atomic mass is 32.2. The summed E-state index contributed by atoms with van der Waals surface area (Å²) in [5, 5.41) is 0. The highest BCUT2D eigenvalue weighted by Crippen LogP contribution is 2.15. The summed E-state index contributed by atoms with van der Waals surface area (Å²) in [7, 11) is -3.26. The normalized spacial score (nSPS) is 17.7. The first-order valence-corrected chi connectivity index (χ1v) is 9.92. The molecular weight excluding hydrogens is 296 g/mol. The molecule has 1 aliphatic rings. The Morgan fingerprint density at radius 3 is 2.55 bits per heavy atom. The lowest BCUT2D eigenvalue weighted by Crippen LogP contribution is -2.45. The Bertz CT molecular complexity index is 564. The average Bonchev–Trinajstić information content (AvgIpc) is 2.48. The Kier molecular flexibility index (Phi) is 6.41. The molecule has 1 aliphatic heterocycles. The van der Waals surface area contributed by atoms with Gasteiger partial charge in [-0.25, -0.2) is 13.1 Å². The first-order valence-electron chi connectivity index (χ1n) is 8.27. The minimum atomic E-state index is -3.26. The number of nitrogens with one attached hydrogen (secondary N) is 1. The van der Waals surface area contributed by atoms with Crippen LogP contribution in [0.1, 0.15) is 43.7 Å². The van der Waals surface area contributed by atoms with Crippen LogP contribution in [0.5, 0.6) is 0 Å². The molecule has 0 atom stereocenters. The summed E-state index contributed by atoms with van der Waals surface area (Å²) in [5.41, 5.74) is 1.91. The van der Waals surface area contributed by atoms with E-state index in [2.05, 4.69) is 16.5 Å². The third kappa shape index (κ3) is 5.38. The van der Waals surface area contributed by atoms with Crippen LogP contribution >= 0.6 is 0 Å². The summed E-state index contributed by atoms with van der Waals surface area (Å²) in [6.07, 6.45) is 4.26. The maximum absolute atomic E-state index is 12.3. The Morgan fingerprint density at radius 2 is 1.91 bits per heavy atom. The zero-order chi connectivity index (χ0) is 16.0. The van der Waals surface area contributed by atoms with Crippen LogP contribution in [0, 0.1) is 6.92 Å². The predicted molar refractivity (Wildman–Crippen MR) is 91.3 cm³/mol. The molecule has 1 heterocycles. The van der Waals surface area contributed by atoms with E-state index in [4.69, 9.17) is 0 Å². The van der Waals surface area contributed by atoms with E-state index in [0.717, 1.165) is 43.6 Å². The molecule has 0 unspecified atom stereocenters. The van der Waals surface area contributed by atoms with E-state index in [0.29, 0.717) is 0 Å². The maximum atomic E-state index is 12.3. The number of likely N-dealkylation sites (tertiary alicyclic amines) is 1. The Morgan fingerprint density at radius 1 is 1.23 bits per heavy atom. The van der Waals surface area contributed by atoms with Crippen LogP contribution < -0.4 is 4.72 Å². The third-order valence-corrected chi connectivity index (χ3v) is 5.75. The monoisotopic (exact) mass is 324 g/mol. The van der Waals surface area contributed by atoms with Crippen LogP contribution in [-0.4, -0.2) is 39.0 Å². The second-order valence-corrected chi connectivity index (χ2v) is 8.03. The largest absolute Gasteiger partial charge is 0.303 e. The minimum Gasteiger partial charge on any atom is -0.303 e. The predicted octanol–water partition coefficient (Wildman–Crippen LogP) is 2.68. The molecule has 124 valence electrons. The molecule has 0 bridgehead atoms. The number of rotatable bonds is 7. The van der Waals surface area contributed by atoms with Crippen molar-refractivity contribution in [2.75, 3.05) is 19.6 Å². The van der Waals surface area contributed by atoms with Gasteiger partial charge >= 0.3 is 0 Å². The number of aryl methyl sites for hydroxylation is 1. The SMILES string of the molecule is CCCCN1CCC(NS(=O)(=O)Cc2ccccc2C)CC1. The lowest BCUT2D eigenvalue weighted by atomic mass is 10.1. The molecule has 5 heteroatoms. The van der Waals surface area contributed by atoms with E-state index in [1.807, 2.05) is 31.2 Å². The van der Waals surface area contributed by atoms with Crippen LogP contribution in [-0.2, 0) is 15.8 Å². The fourth-order valence-electron chi connectivity index (χ4n) is 2.93. The molecule has 1 saturated heterocycles. The molecule has 1 aromatic carbocycles. The molecule has 0 spiro atoms. The molecule has 0 aliphatic carbocycles. The van der Waals surface area contributed by atoms with Crippen molar-refractivity contribution in [2.45, 2.75) is 51.3 Å². The number of nitrogens with zero attached hydrogens (tertiary/aromatic N) is 1. The van der Waals surface area contributed by atoms with Crippen molar-refractivity contribution in [3.05, 3.63) is 35.4 Å². The standard InChI is InChI=1S/C17H28N2O2S/c1-3-4-11-19-12-9-17(10-13-19)18-22(20,21)14-16-8-6-5-7-15(16)2/h5-8,17-18H,3-4,9-14H2,1-2H3. The lowest BCUT2D eigenvalue weighted by Gasteiger charge is -2.32. The van der Waals surface area contributed by atoms with Crippen molar-refractivity contribution in [3.63, 3.8) is 0 Å². The third-order valence-electron chi connectivity index (χ3n) is 4.37. The van der Waals surface area contributed by atoms with Gasteiger partial charge in [0.25, 0.3) is 0 Å². The highest BCUT2D eigenvalue weighted by molar-refractivity contribution is 7.88. The van der Waals surface area contributed by atoms with Crippen LogP contribution in [0.4, 0.5) is 0 Å². The zero-order valence-corrected chi connectivity index (χ0v) is 14.5. The van der Waals surface area contributed by atoms with Gasteiger partial charge in [0.15, 0.2) is 0 Å². The summed E-state index contributed by atoms with van der Waals surface area (Å²) in [4.78, 5) is 2.44. The summed E-state index contributed by atoms with van der Waals surface area (Å²) in [5.74, 6) is 0.0791. The first-order chi connectivity index (χ1) is 10.5. The van der Waals surface area contributed by atoms with Gasteiger partial charge in [-0.1, -0.05) is 37.6 Å². The van der Waals surface area contributed by atoms with Crippen molar-refractivity contribution in [1.82, 2.24) is 9.62 Å². The smallest absolute Gasteiger partial charge is 0.216 e. The number of benzene rings is 1. The van der Waals surface area contributed by atoms with Gasteiger partial charge in [0.05, 0.1) is 5.75 Å². The fraction of sp³-hybridized carbons (Fsp3) is 0.647. The molecule has 2 rings (SSSR count). The van der Waals surface area contributed by atoms with E-state index in [1.54, 1.807) is 0 Å². The van der Waals surface area contributed by atoms with Gasteiger partial charge < -0.3 is 4.90 Å². The first kappa shape index (κ1) is 17.4. The number of hydrogen-bond donors (Lipinski definition) is 1.